The number of carbonyl (C=O) groups excluding carboxylic acids is 3. The Hall–Kier alpha value is -4.13. The molecule has 1 fully saturated rings. The van der Waals surface area contributed by atoms with Crippen molar-refractivity contribution in [3.63, 3.8) is 0 Å². The van der Waals surface area contributed by atoms with Crippen molar-refractivity contribution in [1.82, 2.24) is 5.43 Å². The summed E-state index contributed by atoms with van der Waals surface area (Å²) in [6.45, 7) is 0.706. The van der Waals surface area contributed by atoms with E-state index in [9.17, 15) is 14.4 Å². The summed E-state index contributed by atoms with van der Waals surface area (Å²) in [4.78, 5) is 38.6. The van der Waals surface area contributed by atoms with Gasteiger partial charge in [-0.25, -0.2) is 5.01 Å². The van der Waals surface area contributed by atoms with Crippen molar-refractivity contribution < 1.29 is 14.4 Å². The second kappa shape index (κ2) is 9.34. The maximum atomic E-state index is 12.9. The van der Waals surface area contributed by atoms with Gasteiger partial charge in [0, 0.05) is 32.0 Å². The minimum Gasteiger partial charge on any atom is -0.369 e. The Morgan fingerprint density at radius 3 is 2.38 bits per heavy atom. The van der Waals surface area contributed by atoms with E-state index >= 15 is 0 Å². The molecule has 0 bridgehead atoms. The van der Waals surface area contributed by atoms with Gasteiger partial charge in [0.15, 0.2) is 0 Å². The number of para-hydroxylation sites is 2. The van der Waals surface area contributed by atoms with Crippen LogP contribution in [-0.4, -0.2) is 24.8 Å². The number of nitrogens with zero attached hydrogens (tertiary/aromatic N) is 2. The standard InChI is InChI=1S/C25H24N4O3/c1-28(17-18-7-3-2-4-8-18)22-10-6-5-9-21(22)26-25(32)19-11-13-20(14-12-19)29-24(31)16-15-23(30)27-29/h2-14H,15-17H2,1H3,(H,26,32)(H,27,30). The molecule has 0 saturated carbocycles. The van der Waals surface area contributed by atoms with E-state index in [0.717, 1.165) is 5.69 Å². The molecule has 2 N–H and O–H groups in total. The average Bonchev–Trinajstić information content (AvgIpc) is 2.81. The third kappa shape index (κ3) is 4.78. The maximum absolute atomic E-state index is 12.9. The largest absolute Gasteiger partial charge is 0.369 e. The second-order valence-electron chi connectivity index (χ2n) is 7.62. The molecular weight excluding hydrogens is 404 g/mol. The summed E-state index contributed by atoms with van der Waals surface area (Å²) in [5.41, 5.74) is 6.30. The van der Waals surface area contributed by atoms with Gasteiger partial charge in [-0.3, -0.25) is 19.8 Å². The van der Waals surface area contributed by atoms with E-state index in [1.165, 1.54) is 10.6 Å². The minimum atomic E-state index is -0.258. The molecule has 162 valence electrons. The van der Waals surface area contributed by atoms with E-state index in [1.54, 1.807) is 24.3 Å². The van der Waals surface area contributed by atoms with Crippen molar-refractivity contribution in [2.24, 2.45) is 0 Å². The predicted octanol–water partition coefficient (Wildman–Crippen LogP) is 3.73. The van der Waals surface area contributed by atoms with Crippen molar-refractivity contribution >= 4 is 34.8 Å². The lowest BCUT2D eigenvalue weighted by molar-refractivity contribution is -0.130. The topological polar surface area (TPSA) is 81.8 Å². The van der Waals surface area contributed by atoms with Gasteiger partial charge in [0.1, 0.15) is 0 Å². The Morgan fingerprint density at radius 1 is 0.938 bits per heavy atom. The molecule has 3 aromatic rings. The van der Waals surface area contributed by atoms with Gasteiger partial charge in [-0.15, -0.1) is 0 Å². The van der Waals surface area contributed by atoms with Crippen LogP contribution in [0.3, 0.4) is 0 Å². The molecule has 0 radical (unpaired) electrons. The van der Waals surface area contributed by atoms with Crippen molar-refractivity contribution in [2.75, 3.05) is 22.3 Å². The van der Waals surface area contributed by atoms with Crippen molar-refractivity contribution in [3.05, 3.63) is 90.0 Å². The quantitative estimate of drug-likeness (QED) is 0.627. The molecule has 32 heavy (non-hydrogen) atoms. The zero-order valence-corrected chi connectivity index (χ0v) is 17.7. The Morgan fingerprint density at radius 2 is 1.62 bits per heavy atom. The highest BCUT2D eigenvalue weighted by Gasteiger charge is 2.24. The van der Waals surface area contributed by atoms with E-state index in [2.05, 4.69) is 27.8 Å². The molecule has 1 heterocycles. The van der Waals surface area contributed by atoms with Gasteiger partial charge in [0.25, 0.3) is 5.91 Å². The Labute approximate surface area is 186 Å². The van der Waals surface area contributed by atoms with Crippen molar-refractivity contribution in [1.29, 1.82) is 0 Å². The van der Waals surface area contributed by atoms with Crippen LogP contribution in [0, 0.1) is 0 Å². The minimum absolute atomic E-state index is 0.168. The number of amides is 3. The fourth-order valence-corrected chi connectivity index (χ4v) is 3.59. The van der Waals surface area contributed by atoms with Gasteiger partial charge in [-0.2, -0.15) is 0 Å². The van der Waals surface area contributed by atoms with Crippen molar-refractivity contribution in [3.8, 4) is 0 Å². The summed E-state index contributed by atoms with van der Waals surface area (Å²) in [7, 11) is 1.98. The SMILES string of the molecule is CN(Cc1ccccc1)c1ccccc1NC(=O)c1ccc(N2NC(=O)CCC2=O)cc1. The second-order valence-corrected chi connectivity index (χ2v) is 7.62. The Kier molecular flexibility index (Phi) is 6.17. The highest BCUT2D eigenvalue weighted by atomic mass is 16.2. The lowest BCUT2D eigenvalue weighted by atomic mass is 10.1. The number of carbonyl (C=O) groups is 3. The molecule has 4 rings (SSSR count). The number of rotatable bonds is 6. The zero-order chi connectivity index (χ0) is 22.5. The summed E-state index contributed by atoms with van der Waals surface area (Å²) >= 11 is 0. The molecule has 0 aliphatic carbocycles. The Balaban J connectivity index is 1.47. The Bertz CT molecular complexity index is 1130. The van der Waals surface area contributed by atoms with Gasteiger partial charge < -0.3 is 10.2 Å². The first-order valence-corrected chi connectivity index (χ1v) is 10.4. The van der Waals surface area contributed by atoms with Gasteiger partial charge in [0.2, 0.25) is 11.8 Å². The van der Waals surface area contributed by atoms with Crippen LogP contribution >= 0.6 is 0 Å². The first-order chi connectivity index (χ1) is 15.5. The van der Waals surface area contributed by atoms with E-state index < -0.39 is 0 Å². The molecule has 1 aliphatic rings. The van der Waals surface area contributed by atoms with Crippen LogP contribution in [0.5, 0.6) is 0 Å². The molecular formula is C25H24N4O3. The third-order valence-electron chi connectivity index (χ3n) is 5.27. The third-order valence-corrected chi connectivity index (χ3v) is 5.27. The molecule has 3 amide bonds. The highest BCUT2D eigenvalue weighted by molar-refractivity contribution is 6.06. The first-order valence-electron chi connectivity index (χ1n) is 10.4. The maximum Gasteiger partial charge on any atom is 0.255 e. The number of hydrogen-bond acceptors (Lipinski definition) is 4. The van der Waals surface area contributed by atoms with Gasteiger partial charge in [-0.05, 0) is 42.0 Å². The molecule has 1 saturated heterocycles. The molecule has 0 unspecified atom stereocenters. The lowest BCUT2D eigenvalue weighted by Gasteiger charge is -2.27. The number of nitrogens with one attached hydrogen (secondary N) is 2. The van der Waals surface area contributed by atoms with Crippen LogP contribution in [0.25, 0.3) is 0 Å². The molecule has 1 aliphatic heterocycles. The molecule has 7 nitrogen and oxygen atoms in total. The molecule has 7 heteroatoms. The fraction of sp³-hybridized carbons (Fsp3) is 0.160. The van der Waals surface area contributed by atoms with E-state index in [4.69, 9.17) is 0 Å². The van der Waals surface area contributed by atoms with Gasteiger partial charge in [-0.1, -0.05) is 42.5 Å². The smallest absolute Gasteiger partial charge is 0.255 e. The van der Waals surface area contributed by atoms with Crippen LogP contribution in [-0.2, 0) is 16.1 Å². The summed E-state index contributed by atoms with van der Waals surface area (Å²) in [6.07, 6.45) is 0.356. The first kappa shape index (κ1) is 21.1. The summed E-state index contributed by atoms with van der Waals surface area (Å²) in [5.74, 6) is -0.647. The number of hydrogen-bond donors (Lipinski definition) is 2. The summed E-state index contributed by atoms with van der Waals surface area (Å²) in [5, 5.41) is 4.20. The molecule has 0 spiro atoms. The van der Waals surface area contributed by atoms with E-state index in [1.807, 2.05) is 49.5 Å². The van der Waals surface area contributed by atoms with Crippen LogP contribution in [0.2, 0.25) is 0 Å². The van der Waals surface area contributed by atoms with Gasteiger partial charge >= 0.3 is 0 Å². The van der Waals surface area contributed by atoms with E-state index in [0.29, 0.717) is 23.5 Å². The predicted molar refractivity (Wildman–Crippen MR) is 124 cm³/mol. The van der Waals surface area contributed by atoms with Gasteiger partial charge in [0.05, 0.1) is 17.1 Å². The average molecular weight is 428 g/mol. The molecule has 3 aromatic carbocycles. The monoisotopic (exact) mass is 428 g/mol. The lowest BCUT2D eigenvalue weighted by Crippen LogP contribution is -2.50. The normalized spacial score (nSPS) is 13.5. The van der Waals surface area contributed by atoms with Crippen molar-refractivity contribution in [2.45, 2.75) is 19.4 Å². The fourth-order valence-electron chi connectivity index (χ4n) is 3.59. The van der Waals surface area contributed by atoms with Crippen LogP contribution in [0.4, 0.5) is 17.1 Å². The zero-order valence-electron chi connectivity index (χ0n) is 17.7. The van der Waals surface area contributed by atoms with Crippen LogP contribution < -0.4 is 20.7 Å². The molecule has 0 atom stereocenters. The van der Waals surface area contributed by atoms with Crippen LogP contribution in [0.15, 0.2) is 78.9 Å². The molecule has 0 aromatic heterocycles. The summed E-state index contributed by atoms with van der Waals surface area (Å²) < 4.78 is 0. The number of hydrazine groups is 1. The van der Waals surface area contributed by atoms with Crippen LogP contribution in [0.1, 0.15) is 28.8 Å². The summed E-state index contributed by atoms with van der Waals surface area (Å²) in [6, 6.07) is 24.3. The number of anilines is 3. The van der Waals surface area contributed by atoms with E-state index in [-0.39, 0.29) is 30.6 Å². The highest BCUT2D eigenvalue weighted by Crippen LogP contribution is 2.27. The number of benzene rings is 3.